The normalized spacial score (nSPS) is 10.7. The van der Waals surface area contributed by atoms with Gasteiger partial charge in [-0.25, -0.2) is 4.98 Å². The molecule has 0 fully saturated rings. The van der Waals surface area contributed by atoms with Crippen LogP contribution in [0.5, 0.6) is 5.75 Å². The molecule has 1 heterocycles. The van der Waals surface area contributed by atoms with Crippen molar-refractivity contribution >= 4 is 51.6 Å². The van der Waals surface area contributed by atoms with E-state index in [0.29, 0.717) is 34.5 Å². The minimum absolute atomic E-state index is 0.132. The predicted molar refractivity (Wildman–Crippen MR) is 147 cm³/mol. The molecule has 3 N–H and O–H groups in total. The molecule has 0 aliphatic heterocycles. The molecule has 0 saturated heterocycles. The summed E-state index contributed by atoms with van der Waals surface area (Å²) in [6.07, 6.45) is 0. The SMILES string of the molecule is O=C(NC(=S)Nc1cc(-c2nc3ccccc3[nH]2)ccc1Cl)c1ccc(OCc2ccccc2)cc1. The molecule has 1 aromatic heterocycles. The average molecular weight is 513 g/mol. The van der Waals surface area contributed by atoms with Gasteiger partial charge in [-0.3, -0.25) is 10.1 Å². The maximum atomic E-state index is 12.7. The van der Waals surface area contributed by atoms with E-state index in [1.807, 2.05) is 66.7 Å². The number of carbonyl (C=O) groups is 1. The zero-order valence-electron chi connectivity index (χ0n) is 19.0. The summed E-state index contributed by atoms with van der Waals surface area (Å²) in [7, 11) is 0. The van der Waals surface area contributed by atoms with Gasteiger partial charge < -0.3 is 15.0 Å². The Morgan fingerprint density at radius 1 is 0.944 bits per heavy atom. The standard InChI is InChI=1S/C28H21ClN4O2S/c29-22-15-12-20(26-30-23-8-4-5-9-24(23)31-26)16-25(22)32-28(36)33-27(34)19-10-13-21(14-11-19)35-17-18-6-2-1-3-7-18/h1-16H,17H2,(H,30,31)(H2,32,33,34,36). The minimum atomic E-state index is -0.341. The maximum absolute atomic E-state index is 12.7. The molecule has 0 unspecified atom stereocenters. The number of rotatable bonds is 6. The third-order valence-electron chi connectivity index (χ3n) is 5.47. The first-order valence-corrected chi connectivity index (χ1v) is 12.0. The highest BCUT2D eigenvalue weighted by atomic mass is 35.5. The second-order valence-electron chi connectivity index (χ2n) is 8.00. The quantitative estimate of drug-likeness (QED) is 0.224. The number of fused-ring (bicyclic) bond motifs is 1. The van der Waals surface area contributed by atoms with Gasteiger partial charge >= 0.3 is 0 Å². The molecule has 0 saturated carbocycles. The first kappa shape index (κ1) is 23.5. The van der Waals surface area contributed by atoms with Crippen molar-refractivity contribution < 1.29 is 9.53 Å². The molecule has 0 spiro atoms. The summed E-state index contributed by atoms with van der Waals surface area (Å²) in [4.78, 5) is 20.6. The van der Waals surface area contributed by atoms with Crippen molar-refractivity contribution in [3.63, 3.8) is 0 Å². The smallest absolute Gasteiger partial charge is 0.257 e. The molecular formula is C28H21ClN4O2S. The lowest BCUT2D eigenvalue weighted by Crippen LogP contribution is -2.34. The number of hydrogen-bond donors (Lipinski definition) is 3. The van der Waals surface area contributed by atoms with Gasteiger partial charge in [0.25, 0.3) is 5.91 Å². The largest absolute Gasteiger partial charge is 0.489 e. The number of hydrogen-bond acceptors (Lipinski definition) is 4. The molecule has 5 aromatic rings. The summed E-state index contributed by atoms with van der Waals surface area (Å²) >= 11 is 11.7. The molecule has 4 aromatic carbocycles. The first-order valence-electron chi connectivity index (χ1n) is 11.2. The van der Waals surface area contributed by atoms with Gasteiger partial charge in [0.05, 0.1) is 21.7 Å². The molecule has 0 bridgehead atoms. The monoisotopic (exact) mass is 512 g/mol. The van der Waals surface area contributed by atoms with E-state index in [1.54, 1.807) is 30.3 Å². The van der Waals surface area contributed by atoms with E-state index in [2.05, 4.69) is 20.6 Å². The summed E-state index contributed by atoms with van der Waals surface area (Å²) < 4.78 is 5.77. The van der Waals surface area contributed by atoms with Gasteiger partial charge in [-0.2, -0.15) is 0 Å². The lowest BCUT2D eigenvalue weighted by atomic mass is 10.2. The summed E-state index contributed by atoms with van der Waals surface area (Å²) in [5.41, 5.74) is 4.72. The third-order valence-corrected chi connectivity index (χ3v) is 6.00. The molecule has 6 nitrogen and oxygen atoms in total. The van der Waals surface area contributed by atoms with E-state index in [1.165, 1.54) is 0 Å². The number of H-pyrrole nitrogens is 1. The first-order chi connectivity index (χ1) is 17.5. The van der Waals surface area contributed by atoms with E-state index < -0.39 is 0 Å². The third kappa shape index (κ3) is 5.54. The topological polar surface area (TPSA) is 79.0 Å². The van der Waals surface area contributed by atoms with Crippen LogP contribution >= 0.6 is 23.8 Å². The number of thiocarbonyl (C=S) groups is 1. The minimum Gasteiger partial charge on any atom is -0.489 e. The molecule has 0 aliphatic carbocycles. The zero-order chi connectivity index (χ0) is 24.9. The fraction of sp³-hybridized carbons (Fsp3) is 0.0357. The molecule has 36 heavy (non-hydrogen) atoms. The number of para-hydroxylation sites is 2. The summed E-state index contributed by atoms with van der Waals surface area (Å²) in [6, 6.07) is 30.0. The number of amides is 1. The van der Waals surface area contributed by atoms with Crippen molar-refractivity contribution in [1.29, 1.82) is 0 Å². The molecule has 8 heteroatoms. The molecule has 0 radical (unpaired) electrons. The van der Waals surface area contributed by atoms with Crippen molar-refractivity contribution in [2.24, 2.45) is 0 Å². The highest BCUT2D eigenvalue weighted by molar-refractivity contribution is 7.80. The van der Waals surface area contributed by atoms with Crippen LogP contribution in [0.2, 0.25) is 5.02 Å². The zero-order valence-corrected chi connectivity index (χ0v) is 20.6. The Balaban J connectivity index is 1.21. The lowest BCUT2D eigenvalue weighted by molar-refractivity contribution is 0.0977. The summed E-state index contributed by atoms with van der Waals surface area (Å²) in [5, 5.41) is 6.29. The fourth-order valence-electron chi connectivity index (χ4n) is 3.63. The van der Waals surface area contributed by atoms with Gasteiger partial charge in [0.15, 0.2) is 5.11 Å². The van der Waals surface area contributed by atoms with Crippen molar-refractivity contribution in [3.05, 3.63) is 113 Å². The van der Waals surface area contributed by atoms with Crippen molar-refractivity contribution in [2.45, 2.75) is 6.61 Å². The van der Waals surface area contributed by atoms with Crippen LogP contribution in [0.25, 0.3) is 22.4 Å². The van der Waals surface area contributed by atoms with Crippen LogP contribution in [-0.4, -0.2) is 21.0 Å². The number of carbonyl (C=O) groups excluding carboxylic acids is 1. The van der Waals surface area contributed by atoms with Crippen LogP contribution in [-0.2, 0) is 6.61 Å². The molecule has 178 valence electrons. The Hall–Kier alpha value is -4.20. The second-order valence-corrected chi connectivity index (χ2v) is 8.82. The van der Waals surface area contributed by atoms with Crippen molar-refractivity contribution in [2.75, 3.05) is 5.32 Å². The van der Waals surface area contributed by atoms with Gasteiger partial charge in [0.1, 0.15) is 18.2 Å². The predicted octanol–water partition coefficient (Wildman–Crippen LogP) is 6.59. The maximum Gasteiger partial charge on any atom is 0.257 e. The lowest BCUT2D eigenvalue weighted by Gasteiger charge is -2.12. The van der Waals surface area contributed by atoms with Gasteiger partial charge in [-0.05, 0) is 72.4 Å². The number of aromatic nitrogens is 2. The van der Waals surface area contributed by atoms with E-state index in [-0.39, 0.29) is 11.0 Å². The molecule has 5 rings (SSSR count). The highest BCUT2D eigenvalue weighted by Gasteiger charge is 2.12. The van der Waals surface area contributed by atoms with Crippen molar-refractivity contribution in [1.82, 2.24) is 15.3 Å². The number of imidazole rings is 1. The number of anilines is 1. The molecular weight excluding hydrogens is 492 g/mol. The van der Waals surface area contributed by atoms with Gasteiger partial charge in [0, 0.05) is 11.1 Å². The average Bonchev–Trinajstić information content (AvgIpc) is 3.34. The van der Waals surface area contributed by atoms with E-state index in [4.69, 9.17) is 28.6 Å². The number of benzene rings is 4. The Morgan fingerprint density at radius 3 is 2.47 bits per heavy atom. The number of nitrogens with zero attached hydrogens (tertiary/aromatic N) is 1. The van der Waals surface area contributed by atoms with Gasteiger partial charge in [-0.1, -0.05) is 54.1 Å². The summed E-state index contributed by atoms with van der Waals surface area (Å²) in [5.74, 6) is 1.04. The van der Waals surface area contributed by atoms with Gasteiger partial charge in [-0.15, -0.1) is 0 Å². The Bertz CT molecular complexity index is 1500. The highest BCUT2D eigenvalue weighted by Crippen LogP contribution is 2.28. The van der Waals surface area contributed by atoms with Crippen LogP contribution in [0, 0.1) is 0 Å². The van der Waals surface area contributed by atoms with Crippen LogP contribution in [0.1, 0.15) is 15.9 Å². The Labute approximate surface area is 218 Å². The van der Waals surface area contributed by atoms with Gasteiger partial charge in [0.2, 0.25) is 0 Å². The van der Waals surface area contributed by atoms with E-state index >= 15 is 0 Å². The molecule has 0 atom stereocenters. The molecule has 1 amide bonds. The fourth-order valence-corrected chi connectivity index (χ4v) is 4.00. The molecule has 0 aliphatic rings. The second kappa shape index (κ2) is 10.6. The number of nitrogens with one attached hydrogen (secondary N) is 3. The van der Waals surface area contributed by atoms with E-state index in [9.17, 15) is 4.79 Å². The van der Waals surface area contributed by atoms with Crippen molar-refractivity contribution in [3.8, 4) is 17.1 Å². The Morgan fingerprint density at radius 2 is 1.69 bits per heavy atom. The van der Waals surface area contributed by atoms with Crippen LogP contribution in [0.4, 0.5) is 5.69 Å². The van der Waals surface area contributed by atoms with Crippen LogP contribution in [0.15, 0.2) is 97.1 Å². The van der Waals surface area contributed by atoms with E-state index in [0.717, 1.165) is 22.2 Å². The number of halogens is 1. The number of ether oxygens (including phenoxy) is 1. The van der Waals surface area contributed by atoms with Crippen LogP contribution in [0.3, 0.4) is 0 Å². The number of aromatic amines is 1. The van der Waals surface area contributed by atoms with Crippen LogP contribution < -0.4 is 15.4 Å². The Kier molecular flexibility index (Phi) is 6.93. The summed E-state index contributed by atoms with van der Waals surface area (Å²) in [6.45, 7) is 0.453.